The van der Waals surface area contributed by atoms with Gasteiger partial charge in [0.15, 0.2) is 0 Å². The van der Waals surface area contributed by atoms with Crippen molar-refractivity contribution < 1.29 is 14.3 Å². The molecule has 0 bridgehead atoms. The summed E-state index contributed by atoms with van der Waals surface area (Å²) in [7, 11) is 0. The number of carbonyl (C=O) groups is 2. The van der Waals surface area contributed by atoms with Crippen LogP contribution in [-0.2, 0) is 9.53 Å². The molecular formula is C11H15NO3S. The first-order valence-electron chi connectivity index (χ1n) is 5.18. The molecule has 0 unspecified atom stereocenters. The standard InChI is InChI=1S/C11H15NO3S/c1-3-4-7-15-11(14)9-5-6-10(16-9)12-8(2)13/h5-6H,3-4,7H2,1-2H3,(H,12,13). The van der Waals surface area contributed by atoms with Gasteiger partial charge in [0.2, 0.25) is 5.91 Å². The van der Waals surface area contributed by atoms with Gasteiger partial charge in [0, 0.05) is 6.92 Å². The van der Waals surface area contributed by atoms with E-state index < -0.39 is 0 Å². The van der Waals surface area contributed by atoms with Gasteiger partial charge >= 0.3 is 5.97 Å². The Morgan fingerprint density at radius 1 is 1.44 bits per heavy atom. The SMILES string of the molecule is CCCCOC(=O)c1ccc(NC(C)=O)s1. The van der Waals surface area contributed by atoms with E-state index in [0.29, 0.717) is 16.5 Å². The molecular weight excluding hydrogens is 226 g/mol. The molecule has 1 heterocycles. The molecule has 0 fully saturated rings. The first-order valence-corrected chi connectivity index (χ1v) is 5.99. The van der Waals surface area contributed by atoms with E-state index in [-0.39, 0.29) is 11.9 Å². The van der Waals surface area contributed by atoms with E-state index >= 15 is 0 Å². The molecule has 0 aliphatic carbocycles. The smallest absolute Gasteiger partial charge is 0.348 e. The van der Waals surface area contributed by atoms with Gasteiger partial charge in [-0.3, -0.25) is 4.79 Å². The minimum absolute atomic E-state index is 0.146. The predicted octanol–water partition coefficient (Wildman–Crippen LogP) is 2.66. The van der Waals surface area contributed by atoms with E-state index in [1.54, 1.807) is 12.1 Å². The Morgan fingerprint density at radius 3 is 2.81 bits per heavy atom. The highest BCUT2D eigenvalue weighted by Crippen LogP contribution is 2.22. The summed E-state index contributed by atoms with van der Waals surface area (Å²) in [5, 5.41) is 3.28. The lowest BCUT2D eigenvalue weighted by molar-refractivity contribution is -0.114. The number of amides is 1. The second kappa shape index (κ2) is 6.27. The third-order valence-electron chi connectivity index (χ3n) is 1.84. The molecule has 5 heteroatoms. The molecule has 0 saturated carbocycles. The maximum atomic E-state index is 11.5. The Balaban J connectivity index is 2.49. The molecule has 16 heavy (non-hydrogen) atoms. The van der Waals surface area contributed by atoms with Gasteiger partial charge in [-0.15, -0.1) is 11.3 Å². The maximum Gasteiger partial charge on any atom is 0.348 e. The lowest BCUT2D eigenvalue weighted by Crippen LogP contribution is -2.04. The lowest BCUT2D eigenvalue weighted by Gasteiger charge is -2.00. The average molecular weight is 241 g/mol. The predicted molar refractivity (Wildman–Crippen MR) is 63.8 cm³/mol. The summed E-state index contributed by atoms with van der Waals surface area (Å²) in [6.45, 7) is 3.91. The number of rotatable bonds is 5. The number of carbonyl (C=O) groups excluding carboxylic acids is 2. The van der Waals surface area contributed by atoms with Crippen LogP contribution in [0.5, 0.6) is 0 Å². The first-order chi connectivity index (χ1) is 7.63. The van der Waals surface area contributed by atoms with Crippen LogP contribution in [0.4, 0.5) is 5.00 Å². The van der Waals surface area contributed by atoms with Crippen LogP contribution in [-0.4, -0.2) is 18.5 Å². The Kier molecular flexibility index (Phi) is 4.98. The number of esters is 1. The summed E-state index contributed by atoms with van der Waals surface area (Å²) < 4.78 is 5.05. The van der Waals surface area contributed by atoms with Crippen molar-refractivity contribution in [2.45, 2.75) is 26.7 Å². The highest BCUT2D eigenvalue weighted by Gasteiger charge is 2.10. The van der Waals surface area contributed by atoms with Crippen molar-refractivity contribution in [2.24, 2.45) is 0 Å². The second-order valence-corrected chi connectivity index (χ2v) is 4.42. The van der Waals surface area contributed by atoms with Gasteiger partial charge in [0.25, 0.3) is 0 Å². The summed E-state index contributed by atoms with van der Waals surface area (Å²) in [5.74, 6) is -0.470. The average Bonchev–Trinajstić information content (AvgIpc) is 2.65. The van der Waals surface area contributed by atoms with E-state index in [1.807, 2.05) is 6.92 Å². The Hall–Kier alpha value is -1.36. The van der Waals surface area contributed by atoms with E-state index in [1.165, 1.54) is 18.3 Å². The van der Waals surface area contributed by atoms with Crippen LogP contribution in [0.15, 0.2) is 12.1 Å². The van der Waals surface area contributed by atoms with Crippen LogP contribution < -0.4 is 5.32 Å². The van der Waals surface area contributed by atoms with Crippen molar-refractivity contribution in [3.8, 4) is 0 Å². The molecule has 1 aromatic heterocycles. The van der Waals surface area contributed by atoms with Crippen molar-refractivity contribution in [1.82, 2.24) is 0 Å². The molecule has 0 aromatic carbocycles. The van der Waals surface area contributed by atoms with Crippen LogP contribution >= 0.6 is 11.3 Å². The third-order valence-corrected chi connectivity index (χ3v) is 2.82. The fourth-order valence-corrected chi connectivity index (χ4v) is 1.91. The Morgan fingerprint density at radius 2 is 2.19 bits per heavy atom. The van der Waals surface area contributed by atoms with Gasteiger partial charge in [-0.25, -0.2) is 4.79 Å². The van der Waals surface area contributed by atoms with Crippen molar-refractivity contribution in [3.05, 3.63) is 17.0 Å². The summed E-state index contributed by atoms with van der Waals surface area (Å²) in [6, 6.07) is 3.35. The topological polar surface area (TPSA) is 55.4 Å². The van der Waals surface area contributed by atoms with E-state index in [4.69, 9.17) is 4.74 Å². The van der Waals surface area contributed by atoms with Crippen molar-refractivity contribution in [2.75, 3.05) is 11.9 Å². The third kappa shape index (κ3) is 4.02. The summed E-state index contributed by atoms with van der Waals surface area (Å²) in [4.78, 5) is 22.8. The summed E-state index contributed by atoms with van der Waals surface area (Å²) >= 11 is 1.22. The largest absolute Gasteiger partial charge is 0.462 e. The highest BCUT2D eigenvalue weighted by molar-refractivity contribution is 7.18. The van der Waals surface area contributed by atoms with Crippen LogP contribution in [0.1, 0.15) is 36.4 Å². The van der Waals surface area contributed by atoms with Crippen molar-refractivity contribution in [1.29, 1.82) is 0 Å². The number of unbranched alkanes of at least 4 members (excludes halogenated alkanes) is 1. The number of anilines is 1. The van der Waals surface area contributed by atoms with Gasteiger partial charge < -0.3 is 10.1 Å². The maximum absolute atomic E-state index is 11.5. The molecule has 1 aromatic rings. The minimum Gasteiger partial charge on any atom is -0.462 e. The van der Waals surface area contributed by atoms with E-state index in [0.717, 1.165) is 12.8 Å². The monoisotopic (exact) mass is 241 g/mol. The molecule has 0 aliphatic heterocycles. The normalized spacial score (nSPS) is 9.88. The molecule has 0 saturated heterocycles. The zero-order valence-electron chi connectivity index (χ0n) is 9.41. The second-order valence-electron chi connectivity index (χ2n) is 3.33. The summed E-state index contributed by atoms with van der Waals surface area (Å²) in [6.07, 6.45) is 1.87. The van der Waals surface area contributed by atoms with Gasteiger partial charge in [-0.05, 0) is 18.6 Å². The molecule has 1 amide bonds. The quantitative estimate of drug-likeness (QED) is 0.637. The van der Waals surface area contributed by atoms with Crippen LogP contribution in [0.2, 0.25) is 0 Å². The molecule has 1 rings (SSSR count). The number of hydrogen-bond acceptors (Lipinski definition) is 4. The van der Waals surface area contributed by atoms with Crippen molar-refractivity contribution in [3.63, 3.8) is 0 Å². The minimum atomic E-state index is -0.324. The molecule has 1 N–H and O–H groups in total. The van der Waals surface area contributed by atoms with E-state index in [9.17, 15) is 9.59 Å². The molecule has 0 spiro atoms. The molecule has 0 atom stereocenters. The number of ether oxygens (including phenoxy) is 1. The lowest BCUT2D eigenvalue weighted by atomic mass is 10.4. The van der Waals surface area contributed by atoms with Gasteiger partial charge in [0.05, 0.1) is 11.6 Å². The van der Waals surface area contributed by atoms with E-state index in [2.05, 4.69) is 5.32 Å². The summed E-state index contributed by atoms with van der Waals surface area (Å²) in [5.41, 5.74) is 0. The Bertz CT molecular complexity index is 373. The highest BCUT2D eigenvalue weighted by atomic mass is 32.1. The number of hydrogen-bond donors (Lipinski definition) is 1. The fourth-order valence-electron chi connectivity index (χ4n) is 1.07. The number of thiophene rings is 1. The Labute approximate surface area is 98.6 Å². The molecule has 88 valence electrons. The van der Waals surface area contributed by atoms with Gasteiger partial charge in [-0.1, -0.05) is 13.3 Å². The van der Waals surface area contributed by atoms with Crippen LogP contribution in [0, 0.1) is 0 Å². The molecule has 0 radical (unpaired) electrons. The molecule has 4 nitrogen and oxygen atoms in total. The first kappa shape index (κ1) is 12.7. The fraction of sp³-hybridized carbons (Fsp3) is 0.455. The number of nitrogens with one attached hydrogen (secondary N) is 1. The van der Waals surface area contributed by atoms with Gasteiger partial charge in [0.1, 0.15) is 4.88 Å². The van der Waals surface area contributed by atoms with Crippen molar-refractivity contribution >= 4 is 28.2 Å². The molecule has 0 aliphatic rings. The van der Waals surface area contributed by atoms with Crippen LogP contribution in [0.3, 0.4) is 0 Å². The van der Waals surface area contributed by atoms with Gasteiger partial charge in [-0.2, -0.15) is 0 Å². The zero-order chi connectivity index (χ0) is 12.0. The van der Waals surface area contributed by atoms with Crippen LogP contribution in [0.25, 0.3) is 0 Å². The zero-order valence-corrected chi connectivity index (χ0v) is 10.2.